The number of hydrogen-bond acceptors (Lipinski definition) is 2. The standard InChI is InChI=1S/C15H23ClN2O2/c1-11(2)18-9-12(16)8-13(18)14(19)17-10-15(20)6-4-3-5-7-15/h8-9,11,20H,3-7,10H2,1-2H3,(H,17,19). The second kappa shape index (κ2) is 6.19. The molecule has 5 heteroatoms. The van der Waals surface area contributed by atoms with E-state index in [2.05, 4.69) is 5.32 Å². The van der Waals surface area contributed by atoms with Gasteiger partial charge in [0.1, 0.15) is 5.69 Å². The Balaban J connectivity index is 2.01. The number of nitrogens with zero attached hydrogens (tertiary/aromatic N) is 1. The minimum atomic E-state index is -0.743. The van der Waals surface area contributed by atoms with E-state index < -0.39 is 5.60 Å². The maximum atomic E-state index is 12.3. The van der Waals surface area contributed by atoms with Crippen LogP contribution in [0.15, 0.2) is 12.3 Å². The Kier molecular flexibility index (Phi) is 4.76. The molecule has 2 N–H and O–H groups in total. The monoisotopic (exact) mass is 298 g/mol. The Labute approximate surface area is 125 Å². The number of carbonyl (C=O) groups is 1. The smallest absolute Gasteiger partial charge is 0.268 e. The zero-order chi connectivity index (χ0) is 14.8. The highest BCUT2D eigenvalue weighted by Gasteiger charge is 2.30. The van der Waals surface area contributed by atoms with Crippen LogP contribution in [0.2, 0.25) is 5.02 Å². The van der Waals surface area contributed by atoms with Crippen LogP contribution in [-0.4, -0.2) is 27.7 Å². The maximum absolute atomic E-state index is 12.3. The molecule has 2 rings (SSSR count). The van der Waals surface area contributed by atoms with Crippen molar-refractivity contribution in [3.05, 3.63) is 23.0 Å². The van der Waals surface area contributed by atoms with Gasteiger partial charge in [-0.1, -0.05) is 30.9 Å². The third-order valence-corrected chi connectivity index (χ3v) is 4.17. The molecule has 0 spiro atoms. The Hall–Kier alpha value is -1.00. The van der Waals surface area contributed by atoms with E-state index in [4.69, 9.17) is 11.6 Å². The van der Waals surface area contributed by atoms with Crippen LogP contribution in [0.5, 0.6) is 0 Å². The Morgan fingerprint density at radius 1 is 1.45 bits per heavy atom. The quantitative estimate of drug-likeness (QED) is 0.897. The van der Waals surface area contributed by atoms with Crippen LogP contribution in [0.3, 0.4) is 0 Å². The van der Waals surface area contributed by atoms with Crippen LogP contribution in [-0.2, 0) is 0 Å². The molecule has 4 nitrogen and oxygen atoms in total. The number of aliphatic hydroxyl groups is 1. The summed E-state index contributed by atoms with van der Waals surface area (Å²) in [5.74, 6) is -0.176. The fourth-order valence-electron chi connectivity index (χ4n) is 2.78. The number of halogens is 1. The van der Waals surface area contributed by atoms with E-state index in [0.29, 0.717) is 17.3 Å². The van der Waals surface area contributed by atoms with Crippen LogP contribution >= 0.6 is 11.6 Å². The Bertz CT molecular complexity index is 476. The van der Waals surface area contributed by atoms with Gasteiger partial charge >= 0.3 is 0 Å². The van der Waals surface area contributed by atoms with Crippen molar-refractivity contribution in [3.63, 3.8) is 0 Å². The first-order valence-electron chi connectivity index (χ1n) is 7.29. The highest BCUT2D eigenvalue weighted by molar-refractivity contribution is 6.31. The summed E-state index contributed by atoms with van der Waals surface area (Å²) >= 11 is 5.98. The minimum Gasteiger partial charge on any atom is -0.388 e. The van der Waals surface area contributed by atoms with Crippen LogP contribution < -0.4 is 5.32 Å². The molecule has 1 fully saturated rings. The van der Waals surface area contributed by atoms with Crippen molar-refractivity contribution in [3.8, 4) is 0 Å². The largest absolute Gasteiger partial charge is 0.388 e. The summed E-state index contributed by atoms with van der Waals surface area (Å²) in [4.78, 5) is 12.3. The summed E-state index contributed by atoms with van der Waals surface area (Å²) in [6, 6.07) is 1.84. The van der Waals surface area contributed by atoms with Crippen LogP contribution in [0, 0.1) is 0 Å². The van der Waals surface area contributed by atoms with Crippen LogP contribution in [0.4, 0.5) is 0 Å². The zero-order valence-corrected chi connectivity index (χ0v) is 12.9. The van der Waals surface area contributed by atoms with Gasteiger partial charge < -0.3 is 15.0 Å². The van der Waals surface area contributed by atoms with Crippen molar-refractivity contribution in [2.24, 2.45) is 0 Å². The fraction of sp³-hybridized carbons (Fsp3) is 0.667. The lowest BCUT2D eigenvalue weighted by Crippen LogP contribution is -2.44. The van der Waals surface area contributed by atoms with E-state index in [-0.39, 0.29) is 11.9 Å². The summed E-state index contributed by atoms with van der Waals surface area (Å²) in [6.07, 6.45) is 6.51. The van der Waals surface area contributed by atoms with Crippen molar-refractivity contribution in [1.29, 1.82) is 0 Å². The van der Waals surface area contributed by atoms with E-state index in [1.807, 2.05) is 18.4 Å². The Morgan fingerprint density at radius 3 is 2.70 bits per heavy atom. The van der Waals surface area contributed by atoms with Gasteiger partial charge in [-0.2, -0.15) is 0 Å². The topological polar surface area (TPSA) is 54.3 Å². The molecule has 0 radical (unpaired) electrons. The second-order valence-corrected chi connectivity index (χ2v) is 6.45. The molecule has 0 bridgehead atoms. The normalized spacial score (nSPS) is 18.2. The van der Waals surface area contributed by atoms with E-state index in [0.717, 1.165) is 25.7 Å². The van der Waals surface area contributed by atoms with E-state index in [9.17, 15) is 9.90 Å². The number of amides is 1. The van der Waals surface area contributed by atoms with Crippen molar-refractivity contribution in [2.75, 3.05) is 6.54 Å². The summed E-state index contributed by atoms with van der Waals surface area (Å²) < 4.78 is 1.85. The van der Waals surface area contributed by atoms with Gasteiger partial charge in [-0.05, 0) is 32.8 Å². The molecule has 20 heavy (non-hydrogen) atoms. The van der Waals surface area contributed by atoms with Gasteiger partial charge in [0.25, 0.3) is 5.91 Å². The zero-order valence-electron chi connectivity index (χ0n) is 12.2. The van der Waals surface area contributed by atoms with Crippen molar-refractivity contribution >= 4 is 17.5 Å². The molecule has 1 amide bonds. The number of carbonyl (C=O) groups excluding carboxylic acids is 1. The highest BCUT2D eigenvalue weighted by atomic mass is 35.5. The fourth-order valence-corrected chi connectivity index (χ4v) is 2.99. The molecule has 1 aromatic heterocycles. The average molecular weight is 299 g/mol. The van der Waals surface area contributed by atoms with Gasteiger partial charge in [-0.25, -0.2) is 0 Å². The molecule has 0 aromatic carbocycles. The number of rotatable bonds is 4. The summed E-state index contributed by atoms with van der Waals surface area (Å²) in [5.41, 5.74) is -0.197. The maximum Gasteiger partial charge on any atom is 0.268 e. The summed E-state index contributed by atoms with van der Waals surface area (Å²) in [7, 11) is 0. The molecule has 0 atom stereocenters. The van der Waals surface area contributed by atoms with Gasteiger partial charge in [-0.3, -0.25) is 4.79 Å². The summed E-state index contributed by atoms with van der Waals surface area (Å²) in [5, 5.41) is 13.8. The van der Waals surface area contributed by atoms with E-state index >= 15 is 0 Å². The first-order chi connectivity index (χ1) is 9.41. The van der Waals surface area contributed by atoms with E-state index in [1.54, 1.807) is 12.3 Å². The highest BCUT2D eigenvalue weighted by Crippen LogP contribution is 2.27. The molecule has 1 saturated carbocycles. The minimum absolute atomic E-state index is 0.168. The lowest BCUT2D eigenvalue weighted by atomic mass is 9.85. The lowest BCUT2D eigenvalue weighted by Gasteiger charge is -2.32. The van der Waals surface area contributed by atoms with Crippen molar-refractivity contribution < 1.29 is 9.90 Å². The Morgan fingerprint density at radius 2 is 2.10 bits per heavy atom. The van der Waals surface area contributed by atoms with Crippen LogP contribution in [0.1, 0.15) is 62.5 Å². The van der Waals surface area contributed by atoms with Gasteiger partial charge in [0.2, 0.25) is 0 Å². The van der Waals surface area contributed by atoms with Crippen LogP contribution in [0.25, 0.3) is 0 Å². The van der Waals surface area contributed by atoms with Gasteiger partial charge in [-0.15, -0.1) is 0 Å². The van der Waals surface area contributed by atoms with Gasteiger partial charge in [0.15, 0.2) is 0 Å². The molecule has 1 aliphatic carbocycles. The van der Waals surface area contributed by atoms with Gasteiger partial charge in [0.05, 0.1) is 10.6 Å². The third kappa shape index (κ3) is 3.55. The molecular weight excluding hydrogens is 276 g/mol. The predicted octanol–water partition coefficient (Wildman–Crippen LogP) is 3.15. The molecule has 0 saturated heterocycles. The van der Waals surface area contributed by atoms with E-state index in [1.165, 1.54) is 6.42 Å². The predicted molar refractivity (Wildman–Crippen MR) is 80.2 cm³/mol. The molecule has 1 aliphatic rings. The molecule has 1 aromatic rings. The molecule has 0 aliphatic heterocycles. The molecule has 112 valence electrons. The first-order valence-corrected chi connectivity index (χ1v) is 7.67. The SMILES string of the molecule is CC(C)n1cc(Cl)cc1C(=O)NCC1(O)CCCCC1. The molecule has 0 unspecified atom stereocenters. The van der Waals surface area contributed by atoms with Gasteiger partial charge in [0, 0.05) is 18.8 Å². The number of hydrogen-bond donors (Lipinski definition) is 2. The lowest BCUT2D eigenvalue weighted by molar-refractivity contribution is 0.00516. The first kappa shape index (κ1) is 15.4. The molecular formula is C15H23ClN2O2. The number of nitrogens with one attached hydrogen (secondary N) is 1. The number of aromatic nitrogens is 1. The molecule has 1 heterocycles. The average Bonchev–Trinajstić information content (AvgIpc) is 2.79. The third-order valence-electron chi connectivity index (χ3n) is 3.97. The van der Waals surface area contributed by atoms with Crippen molar-refractivity contribution in [2.45, 2.75) is 57.6 Å². The van der Waals surface area contributed by atoms with Crippen molar-refractivity contribution in [1.82, 2.24) is 9.88 Å². The summed E-state index contributed by atoms with van der Waals surface area (Å²) in [6.45, 7) is 4.32. The second-order valence-electron chi connectivity index (χ2n) is 6.01.